The zero-order valence-electron chi connectivity index (χ0n) is 16.0. The van der Waals surface area contributed by atoms with Crippen molar-refractivity contribution >= 4 is 5.78 Å². The van der Waals surface area contributed by atoms with E-state index in [0.29, 0.717) is 22.5 Å². The Morgan fingerprint density at radius 3 is 2.32 bits per heavy atom. The Kier molecular flexibility index (Phi) is 6.62. The highest BCUT2D eigenvalue weighted by atomic mass is 19.4. The van der Waals surface area contributed by atoms with E-state index in [1.165, 1.54) is 19.1 Å². The molecule has 4 nitrogen and oxygen atoms in total. The maximum atomic E-state index is 12.6. The Morgan fingerprint density at radius 1 is 1.04 bits per heavy atom. The summed E-state index contributed by atoms with van der Waals surface area (Å²) in [5, 5.41) is 4.25. The molecule has 1 aromatic heterocycles. The van der Waals surface area contributed by atoms with E-state index in [-0.39, 0.29) is 11.5 Å². The molecule has 0 spiro atoms. The lowest BCUT2D eigenvalue weighted by atomic mass is 10.0. The minimum atomic E-state index is -4.78. The van der Waals surface area contributed by atoms with Gasteiger partial charge < -0.3 is 4.74 Å². The second-order valence-corrected chi connectivity index (χ2v) is 5.73. The van der Waals surface area contributed by atoms with Crippen LogP contribution in [0.3, 0.4) is 0 Å². The van der Waals surface area contributed by atoms with E-state index >= 15 is 0 Å². The molecule has 28 heavy (non-hydrogen) atoms. The zero-order valence-corrected chi connectivity index (χ0v) is 16.0. The van der Waals surface area contributed by atoms with Gasteiger partial charge in [-0.05, 0) is 36.8 Å². The summed E-state index contributed by atoms with van der Waals surface area (Å²) in [6, 6.07) is 14.5. The molecule has 0 saturated carbocycles. The van der Waals surface area contributed by atoms with Crippen molar-refractivity contribution in [2.45, 2.75) is 34.1 Å². The van der Waals surface area contributed by atoms with E-state index in [0.717, 1.165) is 5.69 Å². The lowest BCUT2D eigenvalue weighted by molar-refractivity contribution is -0.274. The Morgan fingerprint density at radius 2 is 1.71 bits per heavy atom. The Hall–Kier alpha value is -3.09. The number of aromatic nitrogens is 2. The molecule has 0 bridgehead atoms. The van der Waals surface area contributed by atoms with Crippen LogP contribution in [0.4, 0.5) is 13.2 Å². The minimum absolute atomic E-state index is 0.160. The fourth-order valence-electron chi connectivity index (χ4n) is 2.63. The first-order valence-corrected chi connectivity index (χ1v) is 8.78. The van der Waals surface area contributed by atoms with Gasteiger partial charge in [0, 0.05) is 18.2 Å². The second-order valence-electron chi connectivity index (χ2n) is 5.73. The van der Waals surface area contributed by atoms with Gasteiger partial charge >= 0.3 is 6.36 Å². The van der Waals surface area contributed by atoms with Crippen LogP contribution in [0.1, 0.15) is 37.0 Å². The van der Waals surface area contributed by atoms with E-state index < -0.39 is 6.36 Å². The normalized spacial score (nSPS) is 10.8. The average Bonchev–Trinajstić information content (AvgIpc) is 3.05. The number of nitrogens with zero attached hydrogens (tertiary/aromatic N) is 2. The van der Waals surface area contributed by atoms with Gasteiger partial charge in [-0.3, -0.25) is 4.79 Å². The number of hydrogen-bond donors (Lipinski definition) is 0. The number of para-hydroxylation sites is 1. The molecule has 3 aromatic rings. The van der Waals surface area contributed by atoms with Crippen LogP contribution in [-0.2, 0) is 0 Å². The van der Waals surface area contributed by atoms with E-state index in [1.54, 1.807) is 54.1 Å². The lowest BCUT2D eigenvalue weighted by Gasteiger charge is -2.14. The van der Waals surface area contributed by atoms with Gasteiger partial charge in [0.2, 0.25) is 0 Å². The van der Waals surface area contributed by atoms with Crippen LogP contribution in [0.5, 0.6) is 5.75 Å². The quantitative estimate of drug-likeness (QED) is 0.515. The SMILES string of the molecule is CC.CC(=O)c1cc(C)n(-c2cccc(-c3ccccc3OC(F)(F)F)c2)n1. The maximum absolute atomic E-state index is 12.6. The summed E-state index contributed by atoms with van der Waals surface area (Å²) in [6.45, 7) is 7.22. The maximum Gasteiger partial charge on any atom is 0.573 e. The van der Waals surface area contributed by atoms with Gasteiger partial charge in [0.25, 0.3) is 0 Å². The van der Waals surface area contributed by atoms with Crippen LogP contribution < -0.4 is 4.74 Å². The standard InChI is InChI=1S/C19H15F3N2O2.C2H6/c1-12-10-17(13(2)25)23-24(12)15-7-5-6-14(11-15)16-8-3-4-9-18(16)26-19(20,21)22;1-2/h3-11H,1-2H3;1-2H3. The summed E-state index contributed by atoms with van der Waals surface area (Å²) in [5.41, 5.74) is 2.56. The van der Waals surface area contributed by atoms with Crippen molar-refractivity contribution in [2.24, 2.45) is 0 Å². The van der Waals surface area contributed by atoms with Crippen LogP contribution in [-0.4, -0.2) is 21.9 Å². The Balaban J connectivity index is 0.00000136. The largest absolute Gasteiger partial charge is 0.573 e. The molecule has 0 N–H and O–H groups in total. The molecule has 0 aliphatic carbocycles. The number of benzene rings is 2. The van der Waals surface area contributed by atoms with Crippen LogP contribution in [0.15, 0.2) is 54.6 Å². The van der Waals surface area contributed by atoms with Crippen LogP contribution >= 0.6 is 0 Å². The Bertz CT molecular complexity index is 962. The molecule has 0 amide bonds. The van der Waals surface area contributed by atoms with Crippen LogP contribution in [0.25, 0.3) is 16.8 Å². The van der Waals surface area contributed by atoms with E-state index in [1.807, 2.05) is 13.8 Å². The molecule has 0 unspecified atom stereocenters. The third-order valence-electron chi connectivity index (χ3n) is 3.76. The first-order valence-electron chi connectivity index (χ1n) is 8.78. The molecule has 0 atom stereocenters. The zero-order chi connectivity index (χ0) is 20.9. The number of halogens is 3. The van der Waals surface area contributed by atoms with Gasteiger partial charge in [0.15, 0.2) is 5.78 Å². The van der Waals surface area contributed by atoms with Gasteiger partial charge in [0.05, 0.1) is 5.69 Å². The Labute approximate surface area is 161 Å². The number of hydrogen-bond acceptors (Lipinski definition) is 3. The third-order valence-corrected chi connectivity index (χ3v) is 3.76. The van der Waals surface area contributed by atoms with Crippen molar-refractivity contribution in [1.29, 1.82) is 0 Å². The van der Waals surface area contributed by atoms with Crippen molar-refractivity contribution in [3.63, 3.8) is 0 Å². The van der Waals surface area contributed by atoms with Gasteiger partial charge in [-0.2, -0.15) is 5.10 Å². The molecule has 2 aromatic carbocycles. The second kappa shape index (κ2) is 8.73. The topological polar surface area (TPSA) is 44.1 Å². The molecule has 3 rings (SSSR count). The fraction of sp³-hybridized carbons (Fsp3) is 0.238. The minimum Gasteiger partial charge on any atom is -0.405 e. The van der Waals surface area contributed by atoms with Crippen molar-refractivity contribution in [1.82, 2.24) is 9.78 Å². The number of alkyl halides is 3. The van der Waals surface area contributed by atoms with Gasteiger partial charge in [-0.15, -0.1) is 13.2 Å². The van der Waals surface area contributed by atoms with Gasteiger partial charge in [-0.1, -0.05) is 44.2 Å². The first kappa shape index (κ1) is 21.2. The monoisotopic (exact) mass is 390 g/mol. The molecule has 0 aliphatic heterocycles. The molecule has 7 heteroatoms. The summed E-state index contributed by atoms with van der Waals surface area (Å²) in [6.07, 6.45) is -4.78. The number of ketones is 1. The number of aryl methyl sites for hydroxylation is 1. The van der Waals surface area contributed by atoms with Gasteiger partial charge in [-0.25, -0.2) is 4.68 Å². The highest BCUT2D eigenvalue weighted by Gasteiger charge is 2.32. The van der Waals surface area contributed by atoms with Gasteiger partial charge in [0.1, 0.15) is 11.4 Å². The molecule has 148 valence electrons. The highest BCUT2D eigenvalue weighted by molar-refractivity contribution is 5.92. The van der Waals surface area contributed by atoms with Crippen LogP contribution in [0.2, 0.25) is 0 Å². The summed E-state index contributed by atoms with van der Waals surface area (Å²) in [7, 11) is 0. The first-order chi connectivity index (χ1) is 13.2. The van der Waals surface area contributed by atoms with Crippen molar-refractivity contribution in [3.8, 4) is 22.6 Å². The number of rotatable bonds is 4. The summed E-state index contributed by atoms with van der Waals surface area (Å²) in [4.78, 5) is 11.5. The molecular formula is C21H21F3N2O2. The van der Waals surface area contributed by atoms with Crippen molar-refractivity contribution in [3.05, 3.63) is 66.0 Å². The molecule has 0 fully saturated rings. The molecular weight excluding hydrogens is 369 g/mol. The smallest absolute Gasteiger partial charge is 0.405 e. The predicted octanol–water partition coefficient (Wildman–Crippen LogP) is 5.98. The summed E-state index contributed by atoms with van der Waals surface area (Å²) < 4.78 is 43.6. The predicted molar refractivity (Wildman–Crippen MR) is 102 cm³/mol. The number of carbonyl (C=O) groups excluding carboxylic acids is 1. The van der Waals surface area contributed by atoms with Crippen molar-refractivity contribution < 1.29 is 22.7 Å². The number of Topliss-reactive ketones (excluding diaryl/α,β-unsaturated/α-hetero) is 1. The summed E-state index contributed by atoms with van der Waals surface area (Å²) >= 11 is 0. The highest BCUT2D eigenvalue weighted by Crippen LogP contribution is 2.34. The third kappa shape index (κ3) is 5.00. The fourth-order valence-corrected chi connectivity index (χ4v) is 2.63. The summed E-state index contributed by atoms with van der Waals surface area (Å²) in [5.74, 6) is -0.439. The molecule has 0 saturated heterocycles. The molecule has 1 heterocycles. The van der Waals surface area contributed by atoms with E-state index in [9.17, 15) is 18.0 Å². The number of carbonyl (C=O) groups is 1. The van der Waals surface area contributed by atoms with E-state index in [4.69, 9.17) is 0 Å². The lowest BCUT2D eigenvalue weighted by Crippen LogP contribution is -2.17. The van der Waals surface area contributed by atoms with E-state index in [2.05, 4.69) is 9.84 Å². The molecule has 0 radical (unpaired) electrons. The number of ether oxygens (including phenoxy) is 1. The molecule has 0 aliphatic rings. The average molecular weight is 390 g/mol. The van der Waals surface area contributed by atoms with Crippen LogP contribution in [0, 0.1) is 6.92 Å². The van der Waals surface area contributed by atoms with Crippen molar-refractivity contribution in [2.75, 3.05) is 0 Å².